The molecule has 0 radical (unpaired) electrons. The molecular formula is C66H85N9O18S. The summed E-state index contributed by atoms with van der Waals surface area (Å²) in [5, 5.41) is 19.9. The number of carbonyl (C=O) groups excluding carboxylic acids is 7. The molecule has 1 fully saturated rings. The molecule has 4 aliphatic heterocycles. The van der Waals surface area contributed by atoms with E-state index in [1.807, 2.05) is 24.8 Å². The Labute approximate surface area is 547 Å². The predicted molar refractivity (Wildman–Crippen MR) is 345 cm³/mol. The van der Waals surface area contributed by atoms with E-state index in [4.69, 9.17) is 37.9 Å². The number of unbranched alkanes of at least 4 members (excludes halogenated alkanes) is 2. The second-order valence-electron chi connectivity index (χ2n) is 24.4. The third-order valence-electron chi connectivity index (χ3n) is 17.1. The van der Waals surface area contributed by atoms with Gasteiger partial charge in [0.05, 0.1) is 88.4 Å². The third kappa shape index (κ3) is 17.8. The number of carbonyl (C=O) groups is 7. The Hall–Kier alpha value is -8.57. The number of nitrogens with zero attached hydrogens (tertiary/aromatic N) is 4. The lowest BCUT2D eigenvalue weighted by Crippen LogP contribution is -2.54. The number of nitrogens with one attached hydrogen (secondary N) is 5. The fourth-order valence-electron chi connectivity index (χ4n) is 12.1. The Morgan fingerprint density at radius 3 is 2.04 bits per heavy atom. The number of aliphatic hydroxyl groups is 1. The topological polar surface area (TPSA) is 330 Å². The van der Waals surface area contributed by atoms with Crippen LogP contribution in [0.3, 0.4) is 0 Å². The minimum Gasteiger partial charge on any atom is -0.493 e. The molecule has 3 aromatic rings. The van der Waals surface area contributed by atoms with Gasteiger partial charge in [0, 0.05) is 43.0 Å². The fraction of sp³-hybridized carbons (Fsp3) is 0.515. The highest BCUT2D eigenvalue weighted by Gasteiger charge is 2.49. The Kier molecular flexibility index (Phi) is 23.8. The second-order valence-corrected chi connectivity index (χ2v) is 25.9. The maximum absolute atomic E-state index is 14.2. The largest absolute Gasteiger partial charge is 0.493 e. The first-order valence-corrected chi connectivity index (χ1v) is 33.2. The molecule has 6 aliphatic rings. The number of rotatable bonds is 30. The van der Waals surface area contributed by atoms with Gasteiger partial charge < -0.3 is 68.8 Å². The Bertz CT molecular complexity index is 3510. The maximum Gasteiger partial charge on any atom is 0.421 e. The summed E-state index contributed by atoms with van der Waals surface area (Å²) < 4.78 is 74.1. The van der Waals surface area contributed by atoms with E-state index in [-0.39, 0.29) is 92.7 Å². The first kappa shape index (κ1) is 69.8. The number of aliphatic imine (C=N–C) groups is 1. The number of allylic oxidation sites excluding steroid dienone is 2. The minimum absolute atomic E-state index is 0.00964. The Morgan fingerprint density at radius 1 is 0.723 bits per heavy atom. The Balaban J connectivity index is 0.693. The van der Waals surface area contributed by atoms with E-state index in [0.717, 1.165) is 48.2 Å². The molecule has 0 saturated heterocycles. The Morgan fingerprint density at radius 2 is 1.36 bits per heavy atom. The molecule has 94 heavy (non-hydrogen) atoms. The maximum atomic E-state index is 14.2. The van der Waals surface area contributed by atoms with Crippen molar-refractivity contribution < 1.29 is 85.0 Å². The number of benzene rings is 3. The number of hydrogen-bond acceptors (Lipinski definition) is 19. The van der Waals surface area contributed by atoms with Gasteiger partial charge in [0.15, 0.2) is 29.2 Å². The van der Waals surface area contributed by atoms with Crippen molar-refractivity contribution in [1.29, 1.82) is 0 Å². The van der Waals surface area contributed by atoms with Gasteiger partial charge in [-0.25, -0.2) is 19.2 Å². The van der Waals surface area contributed by atoms with E-state index >= 15 is 0 Å². The molecule has 9 rings (SSSR count). The molecule has 1 saturated carbocycles. The van der Waals surface area contributed by atoms with Gasteiger partial charge in [-0.05, 0) is 132 Å². The zero-order valence-electron chi connectivity index (χ0n) is 54.0. The number of methoxy groups -OCH3 is 2. The van der Waals surface area contributed by atoms with Gasteiger partial charge in [0.1, 0.15) is 25.3 Å². The van der Waals surface area contributed by atoms with Gasteiger partial charge in [0.25, 0.3) is 11.8 Å². The molecule has 27 nitrogen and oxygen atoms in total. The summed E-state index contributed by atoms with van der Waals surface area (Å²) >= 11 is 0. The van der Waals surface area contributed by atoms with Gasteiger partial charge >= 0.3 is 22.4 Å². The van der Waals surface area contributed by atoms with Crippen LogP contribution in [0.4, 0.5) is 26.7 Å². The van der Waals surface area contributed by atoms with Crippen molar-refractivity contribution in [2.75, 3.05) is 77.2 Å². The molecule has 2 aliphatic carbocycles. The van der Waals surface area contributed by atoms with E-state index in [2.05, 4.69) is 37.8 Å². The molecule has 508 valence electrons. The van der Waals surface area contributed by atoms with Crippen LogP contribution in [0.1, 0.15) is 119 Å². The standard InChI is InChI=1S/C66H85N9O18S/c1-39(2)59(71-58(76)38-89-26-25-88-24-21-68-94(84,85)72-65(82)92-37-50-46-15-11-8-9-12-16-47(46)50)61(78)69-42(5)60(77)70-44-19-17-43(18-20-44)36-93-66(83)75-52-32-57(55(87-7)30-49(52)63(80)74-35-41(4)28-53(74)64(75)81)91-23-14-10-13-22-90-56-31-51-48(29-54(56)86-6)62(79)73-34-40(3)27-45(73)33-67-51/h8-9,17-20,29-35,39,42,45-47,50,53,59,64,68,81H,10-16,21-28,36-38H2,1-7H3,(H,69,78)(H,70,77)(H,71,76)(H,72,82)/b9-8-/t42-,45-,46-,47+,50-,53-,59-,64-/m0/s1. The van der Waals surface area contributed by atoms with Gasteiger partial charge in [0.2, 0.25) is 17.7 Å². The van der Waals surface area contributed by atoms with E-state index in [9.17, 15) is 47.1 Å². The quantitative estimate of drug-likeness (QED) is 0.0291. The zero-order valence-corrected chi connectivity index (χ0v) is 54.8. The van der Waals surface area contributed by atoms with Crippen molar-refractivity contribution in [3.63, 3.8) is 0 Å². The highest BCUT2D eigenvalue weighted by molar-refractivity contribution is 7.88. The molecule has 28 heteroatoms. The molecular weight excluding hydrogens is 1240 g/mol. The minimum atomic E-state index is -4.18. The summed E-state index contributed by atoms with van der Waals surface area (Å²) in [6, 6.07) is 9.69. The normalized spacial score (nSPS) is 21.2. The van der Waals surface area contributed by atoms with Crippen molar-refractivity contribution >= 4 is 75.2 Å². The van der Waals surface area contributed by atoms with Crippen molar-refractivity contribution in [2.24, 2.45) is 28.7 Å². The average molecular weight is 1320 g/mol. The second kappa shape index (κ2) is 32.0. The molecule has 0 bridgehead atoms. The molecule has 8 atom stereocenters. The van der Waals surface area contributed by atoms with Gasteiger partial charge in [-0.1, -0.05) is 49.3 Å². The lowest BCUT2D eigenvalue weighted by molar-refractivity contribution is -0.133. The molecule has 4 heterocycles. The van der Waals surface area contributed by atoms with E-state index < -0.39 is 77.0 Å². The molecule has 0 unspecified atom stereocenters. The van der Waals surface area contributed by atoms with Crippen LogP contribution in [0.2, 0.25) is 0 Å². The van der Waals surface area contributed by atoms with E-state index in [0.29, 0.717) is 78.1 Å². The van der Waals surface area contributed by atoms with Crippen molar-refractivity contribution in [3.05, 3.63) is 101 Å². The van der Waals surface area contributed by atoms with Crippen LogP contribution in [-0.2, 0) is 50.1 Å². The lowest BCUT2D eigenvalue weighted by Gasteiger charge is -2.31. The average Bonchev–Trinajstić information content (AvgIpc) is 1.57. The van der Waals surface area contributed by atoms with Crippen LogP contribution in [0.15, 0.2) is 89.2 Å². The fourth-order valence-corrected chi connectivity index (χ4v) is 12.8. The summed E-state index contributed by atoms with van der Waals surface area (Å²) in [6.45, 7) is 8.55. The SMILES string of the molecule is COc1cc2c(cc1OCCCCCOc1cc3c(cc1OC)C(=O)N1C=C(C)C[C@H]1[C@H](O)N3C(=O)OCc1ccc(NC(=O)[C@H](C)NC(=O)[C@@H](NC(=O)COCCOCCNS(=O)(=O)NC(=O)OC[C@@H]3[C@@H]4CC/C=C\CC[C@@H]43)C(C)C)cc1)N=C[C@@H]1CC(C)=CN1C2=O. The van der Waals surface area contributed by atoms with E-state index in [1.165, 1.54) is 38.2 Å². The van der Waals surface area contributed by atoms with Crippen molar-refractivity contribution in [2.45, 2.75) is 129 Å². The van der Waals surface area contributed by atoms with Gasteiger partial charge in [-0.3, -0.25) is 29.0 Å². The van der Waals surface area contributed by atoms with Crippen molar-refractivity contribution in [3.8, 4) is 23.0 Å². The molecule has 7 amide bonds. The van der Waals surface area contributed by atoms with Crippen molar-refractivity contribution in [1.82, 2.24) is 29.9 Å². The lowest BCUT2D eigenvalue weighted by atomic mass is 10.0. The van der Waals surface area contributed by atoms with Crippen LogP contribution >= 0.6 is 0 Å². The highest BCUT2D eigenvalue weighted by atomic mass is 32.2. The highest BCUT2D eigenvalue weighted by Crippen LogP contribution is 2.53. The number of aliphatic hydroxyl groups excluding tert-OH is 1. The molecule has 3 aromatic carbocycles. The summed E-state index contributed by atoms with van der Waals surface area (Å²) in [5.41, 5.74) is 3.85. The number of anilines is 2. The summed E-state index contributed by atoms with van der Waals surface area (Å²) in [5.74, 6) is -0.210. The van der Waals surface area contributed by atoms with Gasteiger partial charge in [-0.15, -0.1) is 0 Å². The zero-order chi connectivity index (χ0) is 67.2. The third-order valence-corrected chi connectivity index (χ3v) is 18.1. The van der Waals surface area contributed by atoms with Crippen LogP contribution in [0, 0.1) is 23.7 Å². The van der Waals surface area contributed by atoms with Crippen LogP contribution < -0.4 is 49.2 Å². The molecule has 6 N–H and O–H groups in total. The predicted octanol–water partition coefficient (Wildman–Crippen LogP) is 6.93. The number of fused-ring (bicyclic) bond motifs is 5. The smallest absolute Gasteiger partial charge is 0.421 e. The number of hydrogen-bond donors (Lipinski definition) is 6. The molecule has 0 spiro atoms. The first-order chi connectivity index (χ1) is 45.1. The summed E-state index contributed by atoms with van der Waals surface area (Å²) in [6.07, 6.45) is 13.1. The summed E-state index contributed by atoms with van der Waals surface area (Å²) in [4.78, 5) is 102. The number of ether oxygens (including phenoxy) is 8. The molecule has 0 aromatic heterocycles. The van der Waals surface area contributed by atoms with Crippen LogP contribution in [-0.4, -0.2) is 169 Å². The summed E-state index contributed by atoms with van der Waals surface area (Å²) in [7, 11) is -1.23. The van der Waals surface area contributed by atoms with Crippen LogP contribution in [0.5, 0.6) is 23.0 Å². The number of amides is 7. The van der Waals surface area contributed by atoms with E-state index in [1.54, 1.807) is 67.6 Å². The van der Waals surface area contributed by atoms with Crippen LogP contribution in [0.25, 0.3) is 0 Å². The first-order valence-electron chi connectivity index (χ1n) is 31.8. The van der Waals surface area contributed by atoms with Gasteiger partial charge in [-0.2, -0.15) is 13.1 Å². The monoisotopic (exact) mass is 1320 g/mol.